The minimum Gasteiger partial charge on any atom is -0.396 e. The topological polar surface area (TPSA) is 88.5 Å². The Balaban J connectivity index is 2.64. The van der Waals surface area contributed by atoms with Gasteiger partial charge in [-0.1, -0.05) is 25.1 Å². The third-order valence-electron chi connectivity index (χ3n) is 5.48. The van der Waals surface area contributed by atoms with Crippen molar-refractivity contribution >= 4 is 19.7 Å². The molecular formula is C16H24O5S2. The molecule has 0 radical (unpaired) electrons. The lowest BCUT2D eigenvalue weighted by molar-refractivity contribution is 0.0141. The standard InChI is InChI=1S/C16H24O5S2/c1-15(11-12-17)10-9-14(15)16(2,22(3,18)19)23(20,21)13-7-5-4-6-8-13/h4-8,14,17H,9-12H2,1-3H3/t14-,15-,16?/m1/s1. The summed E-state index contributed by atoms with van der Waals surface area (Å²) in [4.78, 5) is 0.0196. The van der Waals surface area contributed by atoms with Gasteiger partial charge < -0.3 is 5.11 Å². The molecule has 1 aromatic rings. The number of aliphatic hydroxyl groups is 1. The maximum absolute atomic E-state index is 13.2. The second kappa shape index (κ2) is 5.86. The summed E-state index contributed by atoms with van der Waals surface area (Å²) >= 11 is 0. The van der Waals surface area contributed by atoms with Gasteiger partial charge in [0.2, 0.25) is 0 Å². The fourth-order valence-electron chi connectivity index (χ4n) is 3.71. The number of sulfone groups is 2. The van der Waals surface area contributed by atoms with E-state index in [0.717, 1.165) is 6.26 Å². The number of benzene rings is 1. The van der Waals surface area contributed by atoms with Crippen LogP contribution >= 0.6 is 0 Å². The van der Waals surface area contributed by atoms with E-state index in [1.54, 1.807) is 18.2 Å². The molecular weight excluding hydrogens is 336 g/mol. The van der Waals surface area contributed by atoms with Gasteiger partial charge in [-0.3, -0.25) is 0 Å². The van der Waals surface area contributed by atoms with Gasteiger partial charge in [-0.25, -0.2) is 16.8 Å². The molecule has 23 heavy (non-hydrogen) atoms. The first-order valence-electron chi connectivity index (χ1n) is 7.61. The summed E-state index contributed by atoms with van der Waals surface area (Å²) in [6, 6.07) is 7.73. The minimum atomic E-state index is -4.08. The molecule has 130 valence electrons. The van der Waals surface area contributed by atoms with Crippen molar-refractivity contribution in [1.29, 1.82) is 0 Å². The molecule has 7 heteroatoms. The van der Waals surface area contributed by atoms with Crippen molar-refractivity contribution in [2.24, 2.45) is 11.3 Å². The number of hydrogen-bond acceptors (Lipinski definition) is 5. The van der Waals surface area contributed by atoms with Crippen molar-refractivity contribution in [3.8, 4) is 0 Å². The summed E-state index contributed by atoms with van der Waals surface area (Å²) in [6.45, 7) is 3.10. The molecule has 1 aliphatic carbocycles. The second-order valence-electron chi connectivity index (χ2n) is 6.82. The lowest BCUT2D eigenvalue weighted by Gasteiger charge is -2.54. The van der Waals surface area contributed by atoms with E-state index >= 15 is 0 Å². The number of aliphatic hydroxyl groups excluding tert-OH is 1. The van der Waals surface area contributed by atoms with Crippen molar-refractivity contribution < 1.29 is 21.9 Å². The van der Waals surface area contributed by atoms with Gasteiger partial charge in [0.15, 0.2) is 23.8 Å². The Labute approximate surface area is 138 Å². The van der Waals surface area contributed by atoms with E-state index in [1.807, 2.05) is 6.92 Å². The minimum absolute atomic E-state index is 0.0196. The molecule has 1 fully saturated rings. The third-order valence-corrected chi connectivity index (χ3v) is 11.1. The van der Waals surface area contributed by atoms with E-state index in [2.05, 4.69) is 0 Å². The number of hydrogen-bond donors (Lipinski definition) is 1. The summed E-state index contributed by atoms with van der Waals surface area (Å²) in [5.74, 6) is -0.539. The van der Waals surface area contributed by atoms with E-state index in [1.165, 1.54) is 19.1 Å². The summed E-state index contributed by atoms with van der Waals surface area (Å²) in [7, 11) is -7.97. The molecule has 1 aliphatic rings. The molecule has 1 unspecified atom stereocenters. The highest BCUT2D eigenvalue weighted by atomic mass is 32.3. The molecule has 3 atom stereocenters. The van der Waals surface area contributed by atoms with Gasteiger partial charge in [0.05, 0.1) is 4.90 Å². The molecule has 0 aliphatic heterocycles. The Morgan fingerprint density at radius 1 is 1.22 bits per heavy atom. The fourth-order valence-corrected chi connectivity index (χ4v) is 8.27. The van der Waals surface area contributed by atoms with Crippen LogP contribution in [0.25, 0.3) is 0 Å². The average molecular weight is 360 g/mol. The lowest BCUT2D eigenvalue weighted by Crippen LogP contribution is -2.59. The van der Waals surface area contributed by atoms with Gasteiger partial charge in [0.25, 0.3) is 0 Å². The maximum Gasteiger partial charge on any atom is 0.198 e. The van der Waals surface area contributed by atoms with Gasteiger partial charge in [0.1, 0.15) is 0 Å². The molecule has 1 saturated carbocycles. The molecule has 5 nitrogen and oxygen atoms in total. The summed E-state index contributed by atoms with van der Waals surface area (Å²) < 4.78 is 49.6. The van der Waals surface area contributed by atoms with E-state index in [4.69, 9.17) is 0 Å². The molecule has 0 spiro atoms. The normalized spacial score (nSPS) is 27.9. The van der Waals surface area contributed by atoms with Crippen LogP contribution in [-0.2, 0) is 19.7 Å². The molecule has 0 bridgehead atoms. The van der Waals surface area contributed by atoms with Crippen LogP contribution < -0.4 is 0 Å². The monoisotopic (exact) mass is 360 g/mol. The Bertz CT molecular complexity index is 770. The summed E-state index contributed by atoms with van der Waals surface area (Å²) in [5, 5.41) is 9.27. The van der Waals surface area contributed by atoms with E-state index in [0.29, 0.717) is 19.3 Å². The largest absolute Gasteiger partial charge is 0.396 e. The number of rotatable bonds is 6. The van der Waals surface area contributed by atoms with Crippen LogP contribution in [0.5, 0.6) is 0 Å². The SMILES string of the molecule is CC([C@@H]1CC[C@]1(C)CCO)(S(C)(=O)=O)S(=O)(=O)c1ccccc1. The van der Waals surface area contributed by atoms with Crippen molar-refractivity contribution in [2.45, 2.75) is 42.1 Å². The highest BCUT2D eigenvalue weighted by Gasteiger charge is 2.63. The molecule has 0 amide bonds. The second-order valence-corrected chi connectivity index (χ2v) is 11.8. The average Bonchev–Trinajstić information content (AvgIpc) is 2.46. The predicted molar refractivity (Wildman–Crippen MR) is 89.4 cm³/mol. The first kappa shape index (κ1) is 18.4. The van der Waals surface area contributed by atoms with E-state index in [9.17, 15) is 21.9 Å². The molecule has 0 aromatic heterocycles. The van der Waals surface area contributed by atoms with Crippen LogP contribution in [0.2, 0.25) is 0 Å². The van der Waals surface area contributed by atoms with Crippen LogP contribution in [0.1, 0.15) is 33.1 Å². The van der Waals surface area contributed by atoms with Crippen LogP contribution in [0.15, 0.2) is 35.2 Å². The predicted octanol–water partition coefficient (Wildman–Crippen LogP) is 2.02. The summed E-state index contributed by atoms with van der Waals surface area (Å²) in [6.07, 6.45) is 2.62. The highest BCUT2D eigenvalue weighted by molar-refractivity contribution is 8.10. The van der Waals surface area contributed by atoms with Crippen molar-refractivity contribution in [2.75, 3.05) is 12.9 Å². The van der Waals surface area contributed by atoms with Gasteiger partial charge in [-0.2, -0.15) is 0 Å². The van der Waals surface area contributed by atoms with Crippen LogP contribution in [0.3, 0.4) is 0 Å². The quantitative estimate of drug-likeness (QED) is 0.838. The smallest absolute Gasteiger partial charge is 0.198 e. The fraction of sp³-hybridized carbons (Fsp3) is 0.625. The lowest BCUT2D eigenvalue weighted by atomic mass is 9.58. The maximum atomic E-state index is 13.2. The molecule has 1 N–H and O–H groups in total. The Morgan fingerprint density at radius 2 is 1.78 bits per heavy atom. The summed E-state index contributed by atoms with van der Waals surface area (Å²) in [5.41, 5.74) is -0.492. The molecule has 0 saturated heterocycles. The molecule has 2 rings (SSSR count). The van der Waals surface area contributed by atoms with Gasteiger partial charge in [0, 0.05) is 12.9 Å². The third kappa shape index (κ3) is 2.72. The van der Waals surface area contributed by atoms with E-state index in [-0.39, 0.29) is 11.5 Å². The van der Waals surface area contributed by atoms with E-state index < -0.39 is 35.1 Å². The zero-order valence-electron chi connectivity index (χ0n) is 13.7. The zero-order valence-corrected chi connectivity index (χ0v) is 15.3. The molecule has 0 heterocycles. The van der Waals surface area contributed by atoms with Crippen LogP contribution in [0.4, 0.5) is 0 Å². The van der Waals surface area contributed by atoms with Gasteiger partial charge in [-0.15, -0.1) is 0 Å². The molecule has 1 aromatic carbocycles. The first-order chi connectivity index (χ1) is 10.5. The van der Waals surface area contributed by atoms with Crippen LogP contribution in [-0.4, -0.2) is 38.9 Å². The zero-order chi connectivity index (χ0) is 17.5. The van der Waals surface area contributed by atoms with Crippen molar-refractivity contribution in [1.82, 2.24) is 0 Å². The first-order valence-corrected chi connectivity index (χ1v) is 11.0. The van der Waals surface area contributed by atoms with Crippen molar-refractivity contribution in [3.63, 3.8) is 0 Å². The van der Waals surface area contributed by atoms with Gasteiger partial charge >= 0.3 is 0 Å². The highest BCUT2D eigenvalue weighted by Crippen LogP contribution is 2.58. The Morgan fingerprint density at radius 3 is 2.17 bits per heavy atom. The van der Waals surface area contributed by atoms with Gasteiger partial charge in [-0.05, 0) is 49.7 Å². The van der Waals surface area contributed by atoms with Crippen molar-refractivity contribution in [3.05, 3.63) is 30.3 Å². The van der Waals surface area contributed by atoms with Crippen LogP contribution in [0, 0.1) is 11.3 Å². The Kier molecular flexibility index (Phi) is 4.69. The Hall–Kier alpha value is -0.920.